The summed E-state index contributed by atoms with van der Waals surface area (Å²) in [5, 5.41) is 24.4. The van der Waals surface area contributed by atoms with Crippen LogP contribution < -0.4 is 5.32 Å². The first kappa shape index (κ1) is 26.9. The Hall–Kier alpha value is -4.65. The first-order valence-electron chi connectivity index (χ1n) is 12.1. The molecule has 3 aromatic rings. The Balaban J connectivity index is 1.61. The lowest BCUT2D eigenvalue weighted by atomic mass is 9.76. The number of likely N-dealkylation sites (tertiary alicyclic amines) is 1. The number of imide groups is 1. The molecule has 0 spiro atoms. The van der Waals surface area contributed by atoms with E-state index in [1.165, 1.54) is 36.5 Å². The number of pyridine rings is 1. The number of hydrogen-bond donors (Lipinski definition) is 2. The number of nitro groups is 1. The third kappa shape index (κ3) is 4.57. The number of non-ortho nitro benzene ring substituents is 1. The second-order valence-corrected chi connectivity index (χ2v) is 9.71. The van der Waals surface area contributed by atoms with Crippen molar-refractivity contribution in [3.63, 3.8) is 0 Å². The third-order valence-electron chi connectivity index (χ3n) is 7.38. The van der Waals surface area contributed by atoms with Crippen LogP contribution in [0.1, 0.15) is 28.4 Å². The molecule has 2 saturated heterocycles. The van der Waals surface area contributed by atoms with Crippen molar-refractivity contribution in [3.05, 3.63) is 105 Å². The van der Waals surface area contributed by atoms with Gasteiger partial charge in [-0.1, -0.05) is 30.3 Å². The summed E-state index contributed by atoms with van der Waals surface area (Å²) in [4.78, 5) is 55.8. The highest BCUT2D eigenvalue weighted by Gasteiger charge is 2.68. The summed E-state index contributed by atoms with van der Waals surface area (Å²) in [7, 11) is 0. The molecule has 0 radical (unpaired) electrons. The summed E-state index contributed by atoms with van der Waals surface area (Å²) in [6, 6.07) is 12.8. The molecule has 2 amide bonds. The molecular weight excluding hydrogens is 533 g/mol. The monoisotopic (exact) mass is 554 g/mol. The Labute approximate surface area is 224 Å². The maximum absolute atomic E-state index is 13.8. The number of aliphatic carboxylic acids is 1. The number of fused-ring (bicyclic) bond motifs is 1. The summed E-state index contributed by atoms with van der Waals surface area (Å²) in [5.41, 5.74) is -2.66. The van der Waals surface area contributed by atoms with Crippen LogP contribution in [-0.2, 0) is 33.5 Å². The van der Waals surface area contributed by atoms with Crippen LogP contribution in [-0.4, -0.2) is 43.2 Å². The van der Waals surface area contributed by atoms with Gasteiger partial charge in [0.1, 0.15) is 5.54 Å². The molecule has 5 rings (SSSR count). The number of rotatable bonds is 7. The van der Waals surface area contributed by atoms with Crippen LogP contribution in [0, 0.1) is 22.0 Å². The molecule has 206 valence electrons. The van der Waals surface area contributed by atoms with Crippen molar-refractivity contribution in [2.45, 2.75) is 30.7 Å². The smallest absolute Gasteiger partial charge is 0.416 e. The van der Waals surface area contributed by atoms with Crippen molar-refractivity contribution in [3.8, 4) is 0 Å². The highest BCUT2D eigenvalue weighted by Crippen LogP contribution is 2.50. The molecule has 10 nitrogen and oxygen atoms in total. The van der Waals surface area contributed by atoms with Crippen molar-refractivity contribution in [2.24, 2.45) is 11.8 Å². The molecular formula is C27H21F3N4O6. The molecule has 0 aliphatic carbocycles. The molecule has 2 N–H and O–H groups in total. The zero-order chi connectivity index (χ0) is 28.8. The SMILES string of the molecule is O=C1C2C(c3cccc(C(F)(F)F)c3)NC(Cc3ccc([N+](=O)[O-])cc3)(C(=O)O)C2C(=O)N1Cc1ccccn1. The number of hydrogen-bond acceptors (Lipinski definition) is 7. The van der Waals surface area contributed by atoms with E-state index in [0.29, 0.717) is 11.3 Å². The van der Waals surface area contributed by atoms with Crippen LogP contribution in [0.4, 0.5) is 18.9 Å². The van der Waals surface area contributed by atoms with Crippen LogP contribution in [0.15, 0.2) is 72.9 Å². The zero-order valence-corrected chi connectivity index (χ0v) is 20.5. The van der Waals surface area contributed by atoms with Crippen molar-refractivity contribution < 1.29 is 37.6 Å². The maximum atomic E-state index is 13.8. The van der Waals surface area contributed by atoms with Gasteiger partial charge in [-0.15, -0.1) is 0 Å². The number of aromatic nitrogens is 1. The van der Waals surface area contributed by atoms with E-state index in [1.54, 1.807) is 18.2 Å². The number of halogens is 3. The van der Waals surface area contributed by atoms with Gasteiger partial charge in [0.05, 0.1) is 34.6 Å². The summed E-state index contributed by atoms with van der Waals surface area (Å²) in [6.45, 7) is -0.242. The van der Waals surface area contributed by atoms with Crippen LogP contribution in [0.25, 0.3) is 0 Å². The topological polar surface area (TPSA) is 143 Å². The molecule has 4 unspecified atom stereocenters. The number of alkyl halides is 3. The number of nitrogens with one attached hydrogen (secondary N) is 1. The van der Waals surface area contributed by atoms with Gasteiger partial charge in [-0.2, -0.15) is 13.2 Å². The number of nitro benzene ring substituents is 1. The van der Waals surface area contributed by atoms with Crippen LogP contribution in [0.2, 0.25) is 0 Å². The number of carboxylic acid groups (broad SMARTS) is 1. The second kappa shape index (κ2) is 9.83. The summed E-state index contributed by atoms with van der Waals surface area (Å²) < 4.78 is 40.6. The van der Waals surface area contributed by atoms with Gasteiger partial charge in [-0.05, 0) is 35.4 Å². The molecule has 4 atom stereocenters. The molecule has 13 heteroatoms. The van der Waals surface area contributed by atoms with Gasteiger partial charge in [0.15, 0.2) is 0 Å². The van der Waals surface area contributed by atoms with E-state index < -0.39 is 57.9 Å². The number of carbonyl (C=O) groups is 3. The molecule has 3 heterocycles. The molecule has 0 bridgehead atoms. The third-order valence-corrected chi connectivity index (χ3v) is 7.38. The van der Waals surface area contributed by atoms with Crippen molar-refractivity contribution in [1.29, 1.82) is 0 Å². The van der Waals surface area contributed by atoms with E-state index in [9.17, 15) is 42.8 Å². The van der Waals surface area contributed by atoms with Crippen molar-refractivity contribution in [1.82, 2.24) is 15.2 Å². The number of amides is 2. The number of carbonyl (C=O) groups excluding carboxylic acids is 2. The fourth-order valence-electron chi connectivity index (χ4n) is 5.56. The minimum atomic E-state index is -4.70. The lowest BCUT2D eigenvalue weighted by Gasteiger charge is -2.31. The minimum absolute atomic E-state index is 0.00233. The average Bonchev–Trinajstić information content (AvgIpc) is 3.39. The standard InChI is InChI=1S/C27H21F3N4O6/c28-27(29,30)17-5-3-4-16(12-17)22-20-21(24(36)33(23(20)35)14-18-6-1-2-11-31-18)26(32-22,25(37)38)13-15-7-9-19(10-8-15)34(39)40/h1-12,20-22,32H,13-14H2,(H,37,38). The van der Waals surface area contributed by atoms with E-state index in [4.69, 9.17) is 0 Å². The highest BCUT2D eigenvalue weighted by atomic mass is 19.4. The Morgan fingerprint density at radius 2 is 1.80 bits per heavy atom. The highest BCUT2D eigenvalue weighted by molar-refractivity contribution is 6.09. The molecule has 2 aromatic carbocycles. The van der Waals surface area contributed by atoms with Crippen molar-refractivity contribution >= 4 is 23.5 Å². The number of carboxylic acids is 1. The number of nitrogens with zero attached hydrogens (tertiary/aromatic N) is 3. The summed E-state index contributed by atoms with van der Waals surface area (Å²) in [6.07, 6.45) is -3.60. The molecule has 0 saturated carbocycles. The Bertz CT molecular complexity index is 1500. The predicted octanol–water partition coefficient (Wildman–Crippen LogP) is 3.52. The predicted molar refractivity (Wildman–Crippen MR) is 131 cm³/mol. The average molecular weight is 554 g/mol. The van der Waals surface area contributed by atoms with Gasteiger partial charge < -0.3 is 5.11 Å². The zero-order valence-electron chi connectivity index (χ0n) is 20.5. The van der Waals surface area contributed by atoms with Gasteiger partial charge in [0.25, 0.3) is 5.69 Å². The van der Waals surface area contributed by atoms with Gasteiger partial charge in [0, 0.05) is 30.8 Å². The van der Waals surface area contributed by atoms with E-state index in [1.807, 2.05) is 0 Å². The molecule has 2 fully saturated rings. The van der Waals surface area contributed by atoms with Gasteiger partial charge in [-0.3, -0.25) is 39.7 Å². The first-order chi connectivity index (χ1) is 18.9. The van der Waals surface area contributed by atoms with Crippen LogP contribution in [0.3, 0.4) is 0 Å². The number of benzene rings is 2. The molecule has 2 aliphatic rings. The molecule has 2 aliphatic heterocycles. The Morgan fingerprint density at radius 3 is 2.40 bits per heavy atom. The Morgan fingerprint density at radius 1 is 1.07 bits per heavy atom. The Kier molecular flexibility index (Phi) is 6.62. The van der Waals surface area contributed by atoms with Crippen LogP contribution >= 0.6 is 0 Å². The lowest BCUT2D eigenvalue weighted by molar-refractivity contribution is -0.384. The van der Waals surface area contributed by atoms with Crippen LogP contribution in [0.5, 0.6) is 0 Å². The molecule has 40 heavy (non-hydrogen) atoms. The summed E-state index contributed by atoms with van der Waals surface area (Å²) in [5.74, 6) is -5.82. The van der Waals surface area contributed by atoms with E-state index in [-0.39, 0.29) is 24.2 Å². The summed E-state index contributed by atoms with van der Waals surface area (Å²) >= 11 is 0. The normalized spacial score (nSPS) is 24.3. The van der Waals surface area contributed by atoms with Gasteiger partial charge in [-0.25, -0.2) is 0 Å². The largest absolute Gasteiger partial charge is 0.480 e. The minimum Gasteiger partial charge on any atom is -0.480 e. The van der Waals surface area contributed by atoms with Gasteiger partial charge in [0.2, 0.25) is 11.8 Å². The quantitative estimate of drug-likeness (QED) is 0.257. The fourth-order valence-corrected chi connectivity index (χ4v) is 5.56. The van der Waals surface area contributed by atoms with E-state index in [0.717, 1.165) is 23.1 Å². The fraction of sp³-hybridized carbons (Fsp3) is 0.259. The van der Waals surface area contributed by atoms with E-state index in [2.05, 4.69) is 10.3 Å². The lowest BCUT2D eigenvalue weighted by Crippen LogP contribution is -2.57. The van der Waals surface area contributed by atoms with E-state index >= 15 is 0 Å². The van der Waals surface area contributed by atoms with Crippen molar-refractivity contribution in [2.75, 3.05) is 0 Å². The first-order valence-corrected chi connectivity index (χ1v) is 12.1. The second-order valence-electron chi connectivity index (χ2n) is 9.71. The molecule has 1 aromatic heterocycles. The maximum Gasteiger partial charge on any atom is 0.416 e. The van der Waals surface area contributed by atoms with Gasteiger partial charge >= 0.3 is 12.1 Å².